The fraction of sp³-hybridized carbons (Fsp3) is 0.296. The number of halogens is 3. The molecule has 0 spiro atoms. The lowest BCUT2D eigenvalue weighted by Gasteiger charge is -2.39. The third-order valence-corrected chi connectivity index (χ3v) is 7.40. The van der Waals surface area contributed by atoms with Gasteiger partial charge in [0.15, 0.2) is 17.2 Å². The van der Waals surface area contributed by atoms with Crippen molar-refractivity contribution < 1.29 is 27.8 Å². The highest BCUT2D eigenvalue weighted by Crippen LogP contribution is 2.58. The van der Waals surface area contributed by atoms with E-state index in [9.17, 15) is 4.79 Å². The average Bonchev–Trinajstić information content (AvgIpc) is 3.52. The minimum Gasteiger partial charge on any atom is -0.494 e. The van der Waals surface area contributed by atoms with Gasteiger partial charge in [-0.2, -0.15) is 0 Å². The Bertz CT molecular complexity index is 1330. The summed E-state index contributed by atoms with van der Waals surface area (Å²) < 4.78 is 48.9. The predicted octanol–water partition coefficient (Wildman–Crippen LogP) is 5.12. The zero-order valence-corrected chi connectivity index (χ0v) is 20.5. The molecule has 2 aliphatic heterocycles. The van der Waals surface area contributed by atoms with Crippen LogP contribution in [-0.4, -0.2) is 32.7 Å². The SMILES string of the molecule is COc1ccc(C(N)=O)c(-c2c(Cl)c(F)cc3c2[C@H](OC)[C@](c2ccccc2)([C@@H]2CCCN2)O3)c1F. The second-order valence-corrected chi connectivity index (χ2v) is 9.23. The largest absolute Gasteiger partial charge is 0.494 e. The average molecular weight is 515 g/mol. The Hall–Kier alpha value is -3.20. The normalized spacial score (nSPS) is 22.8. The van der Waals surface area contributed by atoms with Crippen LogP contribution in [-0.2, 0) is 10.3 Å². The Morgan fingerprint density at radius 3 is 2.53 bits per heavy atom. The van der Waals surface area contributed by atoms with Crippen molar-refractivity contribution in [2.45, 2.75) is 30.6 Å². The highest BCUT2D eigenvalue weighted by molar-refractivity contribution is 6.34. The number of nitrogens with two attached hydrogens (primary N) is 1. The second-order valence-electron chi connectivity index (χ2n) is 8.85. The first-order valence-electron chi connectivity index (χ1n) is 11.5. The molecule has 1 amide bonds. The molecule has 0 saturated carbocycles. The van der Waals surface area contributed by atoms with Gasteiger partial charge in [-0.1, -0.05) is 41.9 Å². The van der Waals surface area contributed by atoms with Gasteiger partial charge < -0.3 is 25.3 Å². The van der Waals surface area contributed by atoms with E-state index in [1.54, 1.807) is 0 Å². The lowest BCUT2D eigenvalue weighted by molar-refractivity contribution is -0.0768. The number of rotatable bonds is 6. The molecule has 0 radical (unpaired) electrons. The maximum Gasteiger partial charge on any atom is 0.249 e. The van der Waals surface area contributed by atoms with Gasteiger partial charge in [-0.3, -0.25) is 4.79 Å². The molecule has 1 fully saturated rings. The number of amides is 1. The summed E-state index contributed by atoms with van der Waals surface area (Å²) in [5, 5.41) is 3.11. The first-order valence-corrected chi connectivity index (χ1v) is 11.9. The number of carbonyl (C=O) groups is 1. The Kier molecular flexibility index (Phi) is 6.36. The first-order chi connectivity index (χ1) is 17.3. The number of nitrogens with one attached hydrogen (secondary N) is 1. The fourth-order valence-corrected chi connectivity index (χ4v) is 5.78. The van der Waals surface area contributed by atoms with E-state index in [1.807, 2.05) is 30.3 Å². The third kappa shape index (κ3) is 3.55. The maximum atomic E-state index is 15.8. The van der Waals surface area contributed by atoms with Crippen molar-refractivity contribution in [2.24, 2.45) is 5.73 Å². The summed E-state index contributed by atoms with van der Waals surface area (Å²) in [6.07, 6.45) is 0.854. The summed E-state index contributed by atoms with van der Waals surface area (Å²) >= 11 is 6.52. The fourth-order valence-electron chi connectivity index (χ4n) is 5.53. The Labute approximate surface area is 212 Å². The van der Waals surface area contributed by atoms with Crippen LogP contribution in [0.1, 0.15) is 40.4 Å². The lowest BCUT2D eigenvalue weighted by atomic mass is 9.77. The molecule has 0 bridgehead atoms. The van der Waals surface area contributed by atoms with Crippen molar-refractivity contribution >= 4 is 17.5 Å². The highest BCUT2D eigenvalue weighted by atomic mass is 35.5. The van der Waals surface area contributed by atoms with E-state index in [4.69, 9.17) is 31.5 Å². The first kappa shape index (κ1) is 24.5. The Morgan fingerprint density at radius 2 is 1.92 bits per heavy atom. The summed E-state index contributed by atoms with van der Waals surface area (Å²) in [6.45, 7) is 0.772. The summed E-state index contributed by atoms with van der Waals surface area (Å²) in [5.41, 5.74) is 5.13. The van der Waals surface area contributed by atoms with Crippen molar-refractivity contribution in [2.75, 3.05) is 20.8 Å². The molecule has 3 atom stereocenters. The molecule has 0 unspecified atom stereocenters. The molecule has 2 aliphatic rings. The molecule has 36 heavy (non-hydrogen) atoms. The van der Waals surface area contributed by atoms with Gasteiger partial charge in [-0.05, 0) is 37.1 Å². The van der Waals surface area contributed by atoms with Crippen LogP contribution in [0.2, 0.25) is 5.02 Å². The molecule has 3 aromatic rings. The highest BCUT2D eigenvalue weighted by Gasteiger charge is 2.57. The van der Waals surface area contributed by atoms with E-state index in [0.29, 0.717) is 5.56 Å². The van der Waals surface area contributed by atoms with Gasteiger partial charge in [0.1, 0.15) is 17.7 Å². The number of primary amides is 1. The van der Waals surface area contributed by atoms with Crippen LogP contribution in [0.4, 0.5) is 8.78 Å². The smallest absolute Gasteiger partial charge is 0.249 e. The summed E-state index contributed by atoms with van der Waals surface area (Å²) in [4.78, 5) is 12.4. The van der Waals surface area contributed by atoms with Gasteiger partial charge in [-0.25, -0.2) is 8.78 Å². The van der Waals surface area contributed by atoms with Crippen LogP contribution in [0, 0.1) is 11.6 Å². The molecule has 3 aromatic carbocycles. The number of ether oxygens (including phenoxy) is 3. The molecule has 188 valence electrons. The summed E-state index contributed by atoms with van der Waals surface area (Å²) in [6, 6.07) is 13.1. The number of hydrogen-bond donors (Lipinski definition) is 2. The van der Waals surface area contributed by atoms with Crippen LogP contribution in [0.15, 0.2) is 48.5 Å². The zero-order valence-electron chi connectivity index (χ0n) is 19.7. The predicted molar refractivity (Wildman–Crippen MR) is 131 cm³/mol. The quantitative estimate of drug-likeness (QED) is 0.477. The number of hydrogen-bond acceptors (Lipinski definition) is 5. The third-order valence-electron chi connectivity index (χ3n) is 7.03. The zero-order chi connectivity index (χ0) is 25.6. The van der Waals surface area contributed by atoms with Crippen molar-refractivity contribution in [1.29, 1.82) is 0 Å². The Balaban J connectivity index is 1.85. The van der Waals surface area contributed by atoms with Crippen molar-refractivity contribution in [3.8, 4) is 22.6 Å². The summed E-state index contributed by atoms with van der Waals surface area (Å²) in [5.74, 6) is -2.63. The summed E-state index contributed by atoms with van der Waals surface area (Å²) in [7, 11) is 2.80. The molecule has 6 nitrogen and oxygen atoms in total. The van der Waals surface area contributed by atoms with Crippen LogP contribution in [0.3, 0.4) is 0 Å². The minimum atomic E-state index is -1.11. The lowest BCUT2D eigenvalue weighted by Crippen LogP contribution is -2.51. The van der Waals surface area contributed by atoms with Gasteiger partial charge in [0.05, 0.1) is 23.7 Å². The molecule has 5 rings (SSSR count). The van der Waals surface area contributed by atoms with E-state index in [1.165, 1.54) is 32.4 Å². The van der Waals surface area contributed by atoms with Gasteiger partial charge >= 0.3 is 0 Å². The molecule has 0 aromatic heterocycles. The van der Waals surface area contributed by atoms with Crippen molar-refractivity contribution in [3.05, 3.63) is 81.9 Å². The Morgan fingerprint density at radius 1 is 1.17 bits per heavy atom. The second kappa shape index (κ2) is 9.35. The monoisotopic (exact) mass is 514 g/mol. The van der Waals surface area contributed by atoms with E-state index in [-0.39, 0.29) is 39.3 Å². The molecule has 0 aliphatic carbocycles. The van der Waals surface area contributed by atoms with E-state index >= 15 is 8.78 Å². The number of carbonyl (C=O) groups excluding carboxylic acids is 1. The molecule has 9 heteroatoms. The van der Waals surface area contributed by atoms with Crippen molar-refractivity contribution in [3.63, 3.8) is 0 Å². The number of benzene rings is 3. The minimum absolute atomic E-state index is 0.0560. The standard InChI is InChI=1S/C27H25ClF2N2O4/c1-34-17-11-10-15(26(31)33)20(24(17)30)22-21-18(13-16(29)23(22)28)36-27(25(21)35-2,19-9-6-12-32-19)14-7-4-3-5-8-14/h3-5,7-8,10-11,13,19,25,32H,6,9,12H2,1-2H3,(H2,31,33)/t19-,25-,27-/m0/s1. The van der Waals surface area contributed by atoms with Crippen LogP contribution in [0.5, 0.6) is 11.5 Å². The van der Waals surface area contributed by atoms with E-state index < -0.39 is 29.2 Å². The van der Waals surface area contributed by atoms with Gasteiger partial charge in [0.2, 0.25) is 5.91 Å². The molecular weight excluding hydrogens is 490 g/mol. The van der Waals surface area contributed by atoms with Gasteiger partial charge in [0.25, 0.3) is 0 Å². The number of fused-ring (bicyclic) bond motifs is 1. The maximum absolute atomic E-state index is 15.8. The van der Waals surface area contributed by atoms with Crippen LogP contribution in [0.25, 0.3) is 11.1 Å². The van der Waals surface area contributed by atoms with Crippen LogP contribution >= 0.6 is 11.6 Å². The van der Waals surface area contributed by atoms with E-state index in [0.717, 1.165) is 24.9 Å². The topological polar surface area (TPSA) is 82.8 Å². The van der Waals surface area contributed by atoms with E-state index in [2.05, 4.69) is 5.32 Å². The van der Waals surface area contributed by atoms with Gasteiger partial charge in [0, 0.05) is 29.9 Å². The molecule has 1 saturated heterocycles. The van der Waals surface area contributed by atoms with Gasteiger partial charge in [-0.15, -0.1) is 0 Å². The molecule has 3 N–H and O–H groups in total. The van der Waals surface area contributed by atoms with Crippen molar-refractivity contribution in [1.82, 2.24) is 5.32 Å². The number of methoxy groups -OCH3 is 2. The molecular formula is C27H25ClF2N2O4. The van der Waals surface area contributed by atoms with Crippen LogP contribution < -0.4 is 20.5 Å². The molecule has 2 heterocycles.